The average molecular weight is 432 g/mol. The molecule has 0 bridgehead atoms. The lowest BCUT2D eigenvalue weighted by Crippen LogP contribution is -2.26. The SMILES string of the molecule is CC(C)n1c(Nc2ccc(Oc3ccccc3)cc2)nc2sc3c(c2c1=O)CCCC3. The fourth-order valence-corrected chi connectivity index (χ4v) is 5.40. The van der Waals surface area contributed by atoms with Crippen LogP contribution in [0.5, 0.6) is 11.5 Å². The summed E-state index contributed by atoms with van der Waals surface area (Å²) in [4.78, 5) is 20.5. The van der Waals surface area contributed by atoms with Gasteiger partial charge in [0, 0.05) is 16.6 Å². The van der Waals surface area contributed by atoms with Crippen molar-refractivity contribution in [1.29, 1.82) is 0 Å². The molecule has 5 rings (SSSR count). The molecule has 31 heavy (non-hydrogen) atoms. The maximum Gasteiger partial charge on any atom is 0.264 e. The van der Waals surface area contributed by atoms with E-state index in [-0.39, 0.29) is 11.6 Å². The quantitative estimate of drug-likeness (QED) is 0.394. The number of thiophene rings is 1. The Balaban J connectivity index is 1.48. The fraction of sp³-hybridized carbons (Fsp3) is 0.280. The Morgan fingerprint density at radius 3 is 2.45 bits per heavy atom. The number of nitrogens with zero attached hydrogens (tertiary/aromatic N) is 2. The zero-order valence-corrected chi connectivity index (χ0v) is 18.5. The molecule has 2 aromatic heterocycles. The molecule has 158 valence electrons. The summed E-state index contributed by atoms with van der Waals surface area (Å²) in [5.41, 5.74) is 2.15. The summed E-state index contributed by atoms with van der Waals surface area (Å²) in [6, 6.07) is 17.4. The third-order valence-electron chi connectivity index (χ3n) is 5.63. The van der Waals surface area contributed by atoms with Crippen LogP contribution in [0.3, 0.4) is 0 Å². The van der Waals surface area contributed by atoms with Gasteiger partial charge in [-0.3, -0.25) is 9.36 Å². The molecule has 6 heteroatoms. The van der Waals surface area contributed by atoms with Crippen LogP contribution in [0.25, 0.3) is 10.2 Å². The van der Waals surface area contributed by atoms with Gasteiger partial charge in [0.15, 0.2) is 0 Å². The third-order valence-corrected chi connectivity index (χ3v) is 6.81. The number of anilines is 2. The third kappa shape index (κ3) is 3.83. The lowest BCUT2D eigenvalue weighted by Gasteiger charge is -2.17. The zero-order valence-electron chi connectivity index (χ0n) is 17.7. The number of aromatic nitrogens is 2. The number of fused-ring (bicyclic) bond motifs is 3. The highest BCUT2D eigenvalue weighted by Gasteiger charge is 2.23. The molecule has 0 amide bonds. The van der Waals surface area contributed by atoms with Crippen LogP contribution >= 0.6 is 11.3 Å². The maximum atomic E-state index is 13.4. The zero-order chi connectivity index (χ0) is 21.4. The first-order valence-corrected chi connectivity index (χ1v) is 11.6. The molecule has 1 N–H and O–H groups in total. The standard InChI is InChI=1S/C25H25N3O2S/c1-16(2)28-24(29)22-20-10-6-7-11-21(20)31-23(22)27-25(28)26-17-12-14-19(15-13-17)30-18-8-4-3-5-9-18/h3-5,8-9,12-16H,6-7,10-11H2,1-2H3,(H,26,27). The molecule has 0 fully saturated rings. The van der Waals surface area contributed by atoms with Crippen LogP contribution in [0.2, 0.25) is 0 Å². The summed E-state index contributed by atoms with van der Waals surface area (Å²) in [6.45, 7) is 4.05. The lowest BCUT2D eigenvalue weighted by molar-refractivity contribution is 0.483. The number of rotatable bonds is 5. The van der Waals surface area contributed by atoms with Crippen LogP contribution in [-0.2, 0) is 12.8 Å². The maximum absolute atomic E-state index is 13.4. The minimum absolute atomic E-state index is 0.00623. The lowest BCUT2D eigenvalue weighted by atomic mass is 9.97. The average Bonchev–Trinajstić information content (AvgIpc) is 3.14. The number of para-hydroxylation sites is 1. The van der Waals surface area contributed by atoms with E-state index in [4.69, 9.17) is 9.72 Å². The number of hydrogen-bond donors (Lipinski definition) is 1. The molecule has 0 radical (unpaired) electrons. The number of hydrogen-bond acceptors (Lipinski definition) is 5. The second-order valence-electron chi connectivity index (χ2n) is 8.16. The van der Waals surface area contributed by atoms with E-state index in [1.54, 1.807) is 15.9 Å². The van der Waals surface area contributed by atoms with E-state index in [1.807, 2.05) is 68.4 Å². The summed E-state index contributed by atoms with van der Waals surface area (Å²) < 4.78 is 7.65. The Bertz CT molecular complexity index is 1270. The van der Waals surface area contributed by atoms with Crippen molar-refractivity contribution in [2.75, 3.05) is 5.32 Å². The Morgan fingerprint density at radius 1 is 1.00 bits per heavy atom. The second kappa shape index (κ2) is 8.19. The molecule has 0 spiro atoms. The van der Waals surface area contributed by atoms with Crippen molar-refractivity contribution in [1.82, 2.24) is 9.55 Å². The van der Waals surface area contributed by atoms with Crippen molar-refractivity contribution in [2.45, 2.75) is 45.6 Å². The highest BCUT2D eigenvalue weighted by molar-refractivity contribution is 7.18. The van der Waals surface area contributed by atoms with Crippen LogP contribution in [0.4, 0.5) is 11.6 Å². The van der Waals surface area contributed by atoms with Crippen molar-refractivity contribution in [3.05, 3.63) is 75.4 Å². The first-order valence-electron chi connectivity index (χ1n) is 10.8. The minimum atomic E-state index is 0.00623. The summed E-state index contributed by atoms with van der Waals surface area (Å²) in [5, 5.41) is 4.19. The van der Waals surface area contributed by atoms with Gasteiger partial charge in [-0.2, -0.15) is 0 Å². The van der Waals surface area contributed by atoms with Gasteiger partial charge in [-0.15, -0.1) is 11.3 Å². The van der Waals surface area contributed by atoms with Crippen LogP contribution in [0.1, 0.15) is 43.2 Å². The fourth-order valence-electron chi connectivity index (χ4n) is 4.14. The van der Waals surface area contributed by atoms with Crippen molar-refractivity contribution in [3.63, 3.8) is 0 Å². The first kappa shape index (κ1) is 19.8. The highest BCUT2D eigenvalue weighted by Crippen LogP contribution is 2.35. The Kier molecular flexibility index (Phi) is 5.24. The molecule has 0 unspecified atom stereocenters. The summed E-state index contributed by atoms with van der Waals surface area (Å²) >= 11 is 1.68. The normalized spacial score (nSPS) is 13.4. The largest absolute Gasteiger partial charge is 0.457 e. The number of benzene rings is 2. The minimum Gasteiger partial charge on any atom is -0.457 e. The monoisotopic (exact) mass is 431 g/mol. The van der Waals surface area contributed by atoms with E-state index < -0.39 is 0 Å². The van der Waals surface area contributed by atoms with Crippen molar-refractivity contribution in [3.8, 4) is 11.5 Å². The predicted octanol–water partition coefficient (Wildman–Crippen LogP) is 6.45. The Labute approximate surface area is 185 Å². The molecule has 0 atom stereocenters. The summed E-state index contributed by atoms with van der Waals surface area (Å²) in [5.74, 6) is 2.14. The van der Waals surface area contributed by atoms with E-state index in [1.165, 1.54) is 16.9 Å². The topological polar surface area (TPSA) is 56.1 Å². The molecule has 0 aliphatic heterocycles. The van der Waals surface area contributed by atoms with Crippen LogP contribution in [0, 0.1) is 0 Å². The Hall–Kier alpha value is -3.12. The molecule has 2 heterocycles. The number of ether oxygens (including phenoxy) is 1. The molecular weight excluding hydrogens is 406 g/mol. The molecule has 1 aliphatic carbocycles. The smallest absolute Gasteiger partial charge is 0.264 e. The molecule has 0 saturated heterocycles. The second-order valence-corrected chi connectivity index (χ2v) is 9.24. The van der Waals surface area contributed by atoms with Gasteiger partial charge in [-0.25, -0.2) is 4.98 Å². The molecular formula is C25H25N3O2S. The van der Waals surface area contributed by atoms with Crippen LogP contribution in [-0.4, -0.2) is 9.55 Å². The van der Waals surface area contributed by atoms with Crippen LogP contribution < -0.4 is 15.6 Å². The summed E-state index contributed by atoms with van der Waals surface area (Å²) in [6.07, 6.45) is 4.39. The Morgan fingerprint density at radius 2 is 1.71 bits per heavy atom. The van der Waals surface area contributed by atoms with E-state index in [0.717, 1.165) is 46.7 Å². The van der Waals surface area contributed by atoms with Gasteiger partial charge < -0.3 is 10.1 Å². The molecule has 1 aliphatic rings. The number of aryl methyl sites for hydroxylation is 2. The first-order chi connectivity index (χ1) is 15.1. The van der Waals surface area contributed by atoms with Crippen molar-refractivity contribution in [2.24, 2.45) is 0 Å². The van der Waals surface area contributed by atoms with Gasteiger partial charge in [0.25, 0.3) is 5.56 Å². The van der Waals surface area contributed by atoms with E-state index in [0.29, 0.717) is 5.95 Å². The van der Waals surface area contributed by atoms with Crippen molar-refractivity contribution < 1.29 is 4.74 Å². The summed E-state index contributed by atoms with van der Waals surface area (Å²) in [7, 11) is 0. The van der Waals surface area contributed by atoms with E-state index >= 15 is 0 Å². The van der Waals surface area contributed by atoms with E-state index in [9.17, 15) is 4.79 Å². The molecule has 5 nitrogen and oxygen atoms in total. The van der Waals surface area contributed by atoms with E-state index in [2.05, 4.69) is 5.32 Å². The van der Waals surface area contributed by atoms with Gasteiger partial charge in [-0.05, 0) is 81.5 Å². The molecule has 0 saturated carbocycles. The van der Waals surface area contributed by atoms with Gasteiger partial charge in [0.2, 0.25) is 5.95 Å². The molecule has 4 aromatic rings. The molecule has 2 aromatic carbocycles. The van der Waals surface area contributed by atoms with Crippen molar-refractivity contribution >= 4 is 33.2 Å². The highest BCUT2D eigenvalue weighted by atomic mass is 32.1. The van der Waals surface area contributed by atoms with Gasteiger partial charge in [-0.1, -0.05) is 18.2 Å². The number of nitrogens with one attached hydrogen (secondary N) is 1. The van der Waals surface area contributed by atoms with Gasteiger partial charge in [0.1, 0.15) is 16.3 Å². The van der Waals surface area contributed by atoms with Crippen LogP contribution in [0.15, 0.2) is 59.4 Å². The predicted molar refractivity (Wildman–Crippen MR) is 127 cm³/mol. The van der Waals surface area contributed by atoms with Gasteiger partial charge in [0.05, 0.1) is 5.39 Å². The van der Waals surface area contributed by atoms with Gasteiger partial charge >= 0.3 is 0 Å².